The van der Waals surface area contributed by atoms with Gasteiger partial charge in [0, 0.05) is 0 Å². The second kappa shape index (κ2) is 9.29. The van der Waals surface area contributed by atoms with Crippen LogP contribution in [-0.4, -0.2) is 0 Å². The van der Waals surface area contributed by atoms with Gasteiger partial charge in [0.1, 0.15) is 0 Å². The van der Waals surface area contributed by atoms with Crippen molar-refractivity contribution in [2.45, 2.75) is 0 Å². The lowest BCUT2D eigenvalue weighted by molar-refractivity contribution is 1.50. The van der Waals surface area contributed by atoms with Crippen LogP contribution in [0.5, 0.6) is 0 Å². The van der Waals surface area contributed by atoms with Gasteiger partial charge in [-0.25, -0.2) is 0 Å². The third-order valence-electron chi connectivity index (χ3n) is 5.92. The van der Waals surface area contributed by atoms with Crippen LogP contribution in [0.25, 0.3) is 44.8 Å². The zero-order valence-corrected chi connectivity index (χ0v) is 18.4. The maximum absolute atomic E-state index is 9.78. The van der Waals surface area contributed by atoms with Crippen LogP contribution in [0, 0.1) is 22.7 Å². The minimum Gasteiger partial charge on any atom is -0.192 e. The molecule has 5 aromatic carbocycles. The van der Waals surface area contributed by atoms with Gasteiger partial charge in [0.05, 0.1) is 23.3 Å². The van der Waals surface area contributed by atoms with E-state index in [1.54, 1.807) is 0 Å². The number of rotatable bonds is 4. The molecule has 5 aromatic rings. The molecule has 0 saturated carbocycles. The summed E-state index contributed by atoms with van der Waals surface area (Å²) in [5, 5.41) is 24.2. The molecule has 0 amide bonds. The Bertz CT molecular complexity index is 1530. The molecule has 0 aliphatic carbocycles. The molecule has 0 heterocycles. The number of allylic oxidation sites excluding steroid dienone is 2. The summed E-state index contributed by atoms with van der Waals surface area (Å²) in [5.74, 6) is 0. The predicted octanol–water partition coefficient (Wildman–Crippen LogP) is 8.12. The van der Waals surface area contributed by atoms with Gasteiger partial charge in [-0.1, -0.05) is 97.1 Å². The highest BCUT2D eigenvalue weighted by Crippen LogP contribution is 2.25. The van der Waals surface area contributed by atoms with E-state index < -0.39 is 0 Å². The van der Waals surface area contributed by atoms with E-state index in [9.17, 15) is 10.5 Å². The first-order valence-corrected chi connectivity index (χ1v) is 11.1. The average molecular weight is 433 g/mol. The number of hydrogen-bond donors (Lipinski definition) is 0. The van der Waals surface area contributed by atoms with Crippen LogP contribution in [0.15, 0.2) is 109 Å². The summed E-state index contributed by atoms with van der Waals surface area (Å²) in [7, 11) is 0. The summed E-state index contributed by atoms with van der Waals surface area (Å²) in [5.41, 5.74) is 4.77. The third-order valence-corrected chi connectivity index (χ3v) is 5.92. The topological polar surface area (TPSA) is 47.6 Å². The van der Waals surface area contributed by atoms with Crippen LogP contribution >= 0.6 is 0 Å². The SMILES string of the molecule is N#C/C(=C\c1ccc2ccccc2c1)c1ccc(/C(C#N)=C/c2ccc3ccccc3c2)cc1. The molecule has 0 aliphatic heterocycles. The first-order valence-electron chi connectivity index (χ1n) is 11.1. The average Bonchev–Trinajstić information content (AvgIpc) is 2.90. The molecule has 0 spiro atoms. The van der Waals surface area contributed by atoms with E-state index in [4.69, 9.17) is 0 Å². The molecule has 0 atom stereocenters. The molecule has 5 rings (SSSR count). The quantitative estimate of drug-likeness (QED) is 0.213. The Morgan fingerprint density at radius 2 is 0.853 bits per heavy atom. The van der Waals surface area contributed by atoms with Crippen molar-refractivity contribution in [3.8, 4) is 12.1 Å². The molecule has 34 heavy (non-hydrogen) atoms. The Hall–Kier alpha value is -4.92. The third kappa shape index (κ3) is 4.35. The highest BCUT2D eigenvalue weighted by Gasteiger charge is 2.06. The normalized spacial score (nSPS) is 11.8. The largest absolute Gasteiger partial charge is 0.192 e. The molecule has 0 fully saturated rings. The highest BCUT2D eigenvalue weighted by molar-refractivity contribution is 5.95. The molecular formula is C32H20N2. The van der Waals surface area contributed by atoms with Crippen molar-refractivity contribution in [1.29, 1.82) is 10.5 Å². The summed E-state index contributed by atoms with van der Waals surface area (Å²) in [6.45, 7) is 0. The van der Waals surface area contributed by atoms with Crippen molar-refractivity contribution in [3.63, 3.8) is 0 Å². The first-order chi connectivity index (χ1) is 16.7. The number of nitrogens with zero attached hydrogens (tertiary/aromatic N) is 2. The summed E-state index contributed by atoms with van der Waals surface area (Å²) in [6, 6.07) is 40.9. The van der Waals surface area contributed by atoms with Gasteiger partial charge in [-0.15, -0.1) is 0 Å². The predicted molar refractivity (Wildman–Crippen MR) is 141 cm³/mol. The maximum Gasteiger partial charge on any atom is 0.0998 e. The van der Waals surface area contributed by atoms with E-state index in [1.165, 1.54) is 10.8 Å². The van der Waals surface area contributed by atoms with Crippen LogP contribution < -0.4 is 0 Å². The van der Waals surface area contributed by atoms with Gasteiger partial charge in [0.15, 0.2) is 0 Å². The Morgan fingerprint density at radius 1 is 0.471 bits per heavy atom. The lowest BCUT2D eigenvalue weighted by atomic mass is 9.98. The maximum atomic E-state index is 9.78. The lowest BCUT2D eigenvalue weighted by Crippen LogP contribution is -1.86. The molecule has 0 bridgehead atoms. The smallest absolute Gasteiger partial charge is 0.0998 e. The molecule has 0 unspecified atom stereocenters. The Labute approximate surface area is 199 Å². The number of hydrogen-bond acceptors (Lipinski definition) is 2. The van der Waals surface area contributed by atoms with Crippen molar-refractivity contribution in [2.24, 2.45) is 0 Å². The monoisotopic (exact) mass is 432 g/mol. The van der Waals surface area contributed by atoms with Gasteiger partial charge in [-0.3, -0.25) is 0 Å². The molecule has 0 aliphatic rings. The van der Waals surface area contributed by atoms with Crippen molar-refractivity contribution < 1.29 is 0 Å². The number of nitriles is 2. The lowest BCUT2D eigenvalue weighted by Gasteiger charge is -2.05. The molecular weight excluding hydrogens is 412 g/mol. The molecule has 0 aromatic heterocycles. The summed E-state index contributed by atoms with van der Waals surface area (Å²) in [4.78, 5) is 0. The Kier molecular flexibility index (Phi) is 5.73. The molecule has 158 valence electrons. The van der Waals surface area contributed by atoms with E-state index >= 15 is 0 Å². The van der Waals surface area contributed by atoms with Crippen LogP contribution in [0.2, 0.25) is 0 Å². The van der Waals surface area contributed by atoms with Crippen molar-refractivity contribution in [3.05, 3.63) is 131 Å². The van der Waals surface area contributed by atoms with E-state index in [1.807, 2.05) is 72.8 Å². The summed E-state index contributed by atoms with van der Waals surface area (Å²) in [6.07, 6.45) is 3.80. The summed E-state index contributed by atoms with van der Waals surface area (Å²) >= 11 is 0. The van der Waals surface area contributed by atoms with Gasteiger partial charge in [0.25, 0.3) is 0 Å². The van der Waals surface area contributed by atoms with Crippen LogP contribution in [-0.2, 0) is 0 Å². The zero-order chi connectivity index (χ0) is 23.3. The van der Waals surface area contributed by atoms with Gasteiger partial charge in [0.2, 0.25) is 0 Å². The van der Waals surface area contributed by atoms with Gasteiger partial charge in [-0.2, -0.15) is 10.5 Å². The molecule has 2 nitrogen and oxygen atoms in total. The van der Waals surface area contributed by atoms with Crippen molar-refractivity contribution in [1.82, 2.24) is 0 Å². The Balaban J connectivity index is 1.44. The van der Waals surface area contributed by atoms with Gasteiger partial charge < -0.3 is 0 Å². The van der Waals surface area contributed by atoms with Crippen LogP contribution in [0.1, 0.15) is 22.3 Å². The minimum absolute atomic E-state index is 0.582. The minimum atomic E-state index is 0.582. The fraction of sp³-hybridized carbons (Fsp3) is 0. The fourth-order valence-electron chi connectivity index (χ4n) is 4.12. The molecule has 2 heteroatoms. The van der Waals surface area contributed by atoms with Crippen LogP contribution in [0.3, 0.4) is 0 Å². The van der Waals surface area contributed by atoms with Crippen molar-refractivity contribution >= 4 is 44.8 Å². The van der Waals surface area contributed by atoms with Crippen molar-refractivity contribution in [2.75, 3.05) is 0 Å². The van der Waals surface area contributed by atoms with Gasteiger partial charge in [-0.05, 0) is 68.1 Å². The van der Waals surface area contributed by atoms with E-state index in [0.717, 1.165) is 33.0 Å². The zero-order valence-electron chi connectivity index (χ0n) is 18.4. The fourth-order valence-corrected chi connectivity index (χ4v) is 4.12. The second-order valence-electron chi connectivity index (χ2n) is 8.13. The van der Waals surface area contributed by atoms with E-state index in [0.29, 0.717) is 11.1 Å². The number of fused-ring (bicyclic) bond motifs is 2. The second-order valence-corrected chi connectivity index (χ2v) is 8.13. The Morgan fingerprint density at radius 3 is 1.24 bits per heavy atom. The molecule has 0 saturated heterocycles. The summed E-state index contributed by atoms with van der Waals surface area (Å²) < 4.78 is 0. The standard InChI is InChI=1S/C32H20N2/c33-21-31(19-23-9-11-25-5-1-3-7-29(25)17-23)27-13-15-28(16-14-27)32(22-34)20-24-10-12-26-6-2-4-8-30(26)18-24/h1-20H/b31-19+,32-20+. The van der Waals surface area contributed by atoms with E-state index in [2.05, 4.69) is 60.7 Å². The highest BCUT2D eigenvalue weighted by atomic mass is 14.3. The molecule has 0 radical (unpaired) electrons. The van der Waals surface area contributed by atoms with Gasteiger partial charge >= 0.3 is 0 Å². The van der Waals surface area contributed by atoms with E-state index in [-0.39, 0.29) is 0 Å². The molecule has 0 N–H and O–H groups in total. The van der Waals surface area contributed by atoms with Crippen LogP contribution in [0.4, 0.5) is 0 Å². The first kappa shape index (κ1) is 21.0. The number of benzene rings is 5.